The number of aliphatic hydroxyl groups is 1. The minimum Gasteiger partial charge on any atom is -0.487 e. The van der Waals surface area contributed by atoms with Gasteiger partial charge in [-0.25, -0.2) is 0 Å². The summed E-state index contributed by atoms with van der Waals surface area (Å²) in [5, 5.41) is 9.80. The highest BCUT2D eigenvalue weighted by Crippen LogP contribution is 2.39. The molecule has 0 spiro atoms. The summed E-state index contributed by atoms with van der Waals surface area (Å²) in [4.78, 5) is 0. The molecule has 0 aliphatic carbocycles. The quantitative estimate of drug-likeness (QED) is 0.909. The van der Waals surface area contributed by atoms with Gasteiger partial charge in [0.15, 0.2) is 0 Å². The second-order valence-electron chi connectivity index (χ2n) is 6.77. The van der Waals surface area contributed by atoms with E-state index in [0.29, 0.717) is 0 Å². The van der Waals surface area contributed by atoms with Crippen LogP contribution in [0.1, 0.15) is 59.1 Å². The van der Waals surface area contributed by atoms with Crippen molar-refractivity contribution >= 4 is 0 Å². The summed E-state index contributed by atoms with van der Waals surface area (Å²) in [6, 6.07) is 7.71. The zero-order chi connectivity index (χ0) is 15.0. The van der Waals surface area contributed by atoms with Gasteiger partial charge in [0, 0.05) is 6.42 Å². The van der Waals surface area contributed by atoms with Gasteiger partial charge in [-0.05, 0) is 51.8 Å². The lowest BCUT2D eigenvalue weighted by molar-refractivity contribution is -0.0846. The van der Waals surface area contributed by atoms with Gasteiger partial charge in [0.1, 0.15) is 17.5 Å². The molecule has 1 aliphatic heterocycles. The van der Waals surface area contributed by atoms with Crippen molar-refractivity contribution in [1.82, 2.24) is 0 Å². The maximum absolute atomic E-state index is 9.80. The van der Waals surface area contributed by atoms with Gasteiger partial charge in [0.25, 0.3) is 0 Å². The van der Waals surface area contributed by atoms with E-state index in [2.05, 4.69) is 27.7 Å². The molecule has 2 atom stereocenters. The molecule has 0 radical (unpaired) electrons. The van der Waals surface area contributed by atoms with E-state index in [1.54, 1.807) is 0 Å². The monoisotopic (exact) mass is 278 g/mol. The number of hydrogen-bond acceptors (Lipinski definition) is 3. The van der Waals surface area contributed by atoms with Gasteiger partial charge in [-0.15, -0.1) is 0 Å². The second-order valence-corrected chi connectivity index (χ2v) is 6.77. The SMILES string of the molecule is CCC(O)c1ccc(OC2CC(C)(C)OC2(C)C)cc1. The van der Waals surface area contributed by atoms with Crippen molar-refractivity contribution in [2.75, 3.05) is 0 Å². The van der Waals surface area contributed by atoms with E-state index in [1.165, 1.54) is 0 Å². The van der Waals surface area contributed by atoms with Crippen LogP contribution < -0.4 is 4.74 Å². The van der Waals surface area contributed by atoms with Gasteiger partial charge in [0.05, 0.1) is 11.7 Å². The molecule has 0 saturated carbocycles. The van der Waals surface area contributed by atoms with Crippen molar-refractivity contribution in [2.45, 2.75) is 70.9 Å². The zero-order valence-corrected chi connectivity index (χ0v) is 13.1. The topological polar surface area (TPSA) is 38.7 Å². The van der Waals surface area contributed by atoms with Crippen LogP contribution in [0.2, 0.25) is 0 Å². The van der Waals surface area contributed by atoms with Crippen molar-refractivity contribution in [3.63, 3.8) is 0 Å². The number of benzene rings is 1. The van der Waals surface area contributed by atoms with Gasteiger partial charge in [-0.2, -0.15) is 0 Å². The summed E-state index contributed by atoms with van der Waals surface area (Å²) in [6.07, 6.45) is 1.24. The predicted octanol–water partition coefficient (Wildman–Crippen LogP) is 3.85. The van der Waals surface area contributed by atoms with Gasteiger partial charge < -0.3 is 14.6 Å². The highest BCUT2D eigenvalue weighted by Gasteiger charge is 2.47. The van der Waals surface area contributed by atoms with E-state index >= 15 is 0 Å². The molecule has 2 unspecified atom stereocenters. The normalized spacial score (nSPS) is 25.4. The number of hydrogen-bond donors (Lipinski definition) is 1. The Hall–Kier alpha value is -1.06. The van der Waals surface area contributed by atoms with Gasteiger partial charge in [0.2, 0.25) is 0 Å². The Kier molecular flexibility index (Phi) is 4.12. The van der Waals surface area contributed by atoms with Crippen LogP contribution in [0.3, 0.4) is 0 Å². The van der Waals surface area contributed by atoms with Gasteiger partial charge in [-0.3, -0.25) is 0 Å². The molecule has 1 aromatic carbocycles. The maximum atomic E-state index is 9.80. The smallest absolute Gasteiger partial charge is 0.130 e. The highest BCUT2D eigenvalue weighted by molar-refractivity contribution is 5.29. The maximum Gasteiger partial charge on any atom is 0.130 e. The summed E-state index contributed by atoms with van der Waals surface area (Å²) < 4.78 is 12.1. The Morgan fingerprint density at radius 1 is 1.25 bits per heavy atom. The summed E-state index contributed by atoms with van der Waals surface area (Å²) in [5.74, 6) is 0.830. The summed E-state index contributed by atoms with van der Waals surface area (Å²) >= 11 is 0. The molecule has 1 heterocycles. The predicted molar refractivity (Wildman–Crippen MR) is 80.0 cm³/mol. The Morgan fingerprint density at radius 3 is 2.30 bits per heavy atom. The second kappa shape index (κ2) is 5.38. The average Bonchev–Trinajstić information content (AvgIpc) is 2.57. The van der Waals surface area contributed by atoms with Crippen LogP contribution in [0.25, 0.3) is 0 Å². The van der Waals surface area contributed by atoms with E-state index in [0.717, 1.165) is 24.2 Å². The fourth-order valence-electron chi connectivity index (χ4n) is 2.86. The molecule has 1 N–H and O–H groups in total. The van der Waals surface area contributed by atoms with E-state index in [-0.39, 0.29) is 17.3 Å². The lowest BCUT2D eigenvalue weighted by Crippen LogP contribution is -2.36. The molecule has 0 aromatic heterocycles. The van der Waals surface area contributed by atoms with Crippen LogP contribution in [-0.4, -0.2) is 22.4 Å². The lowest BCUT2D eigenvalue weighted by Gasteiger charge is -2.27. The number of aliphatic hydroxyl groups excluding tert-OH is 1. The third-order valence-corrected chi connectivity index (χ3v) is 3.92. The number of ether oxygens (including phenoxy) is 2. The molecular formula is C17H26O3. The third-order valence-electron chi connectivity index (χ3n) is 3.92. The van der Waals surface area contributed by atoms with Crippen LogP contribution >= 0.6 is 0 Å². The summed E-state index contributed by atoms with van der Waals surface area (Å²) in [6.45, 7) is 10.3. The molecular weight excluding hydrogens is 252 g/mol. The van der Waals surface area contributed by atoms with Crippen LogP contribution in [-0.2, 0) is 4.74 Å². The standard InChI is InChI=1S/C17H26O3/c1-6-14(18)12-7-9-13(10-8-12)19-15-11-16(2,3)20-17(15,4)5/h7-10,14-15,18H,6,11H2,1-5H3. The number of rotatable bonds is 4. The molecule has 1 aliphatic rings. The Bertz CT molecular complexity index is 448. The molecule has 3 nitrogen and oxygen atoms in total. The third kappa shape index (κ3) is 3.33. The summed E-state index contributed by atoms with van der Waals surface area (Å²) in [7, 11) is 0. The molecule has 20 heavy (non-hydrogen) atoms. The molecule has 0 bridgehead atoms. The Morgan fingerprint density at radius 2 is 1.85 bits per heavy atom. The fraction of sp³-hybridized carbons (Fsp3) is 0.647. The molecule has 3 heteroatoms. The van der Waals surface area contributed by atoms with E-state index in [4.69, 9.17) is 9.47 Å². The average molecular weight is 278 g/mol. The molecule has 112 valence electrons. The Balaban J connectivity index is 2.07. The first-order valence-corrected chi connectivity index (χ1v) is 7.38. The molecule has 0 amide bonds. The van der Waals surface area contributed by atoms with Crippen molar-refractivity contribution < 1.29 is 14.6 Å². The van der Waals surface area contributed by atoms with Crippen molar-refractivity contribution in [3.8, 4) is 5.75 Å². The van der Waals surface area contributed by atoms with E-state index in [9.17, 15) is 5.11 Å². The molecule has 2 rings (SSSR count). The van der Waals surface area contributed by atoms with Crippen LogP contribution in [0.15, 0.2) is 24.3 Å². The first-order chi connectivity index (χ1) is 9.23. The molecule has 1 fully saturated rings. The minimum absolute atomic E-state index is 0.0412. The first kappa shape index (κ1) is 15.3. The van der Waals surface area contributed by atoms with Crippen LogP contribution in [0.4, 0.5) is 0 Å². The largest absolute Gasteiger partial charge is 0.487 e. The zero-order valence-electron chi connectivity index (χ0n) is 13.1. The van der Waals surface area contributed by atoms with E-state index < -0.39 is 6.10 Å². The van der Waals surface area contributed by atoms with Gasteiger partial charge in [-0.1, -0.05) is 19.1 Å². The van der Waals surface area contributed by atoms with E-state index in [1.807, 2.05) is 31.2 Å². The first-order valence-electron chi connectivity index (χ1n) is 7.38. The fourth-order valence-corrected chi connectivity index (χ4v) is 2.86. The molecule has 1 aromatic rings. The van der Waals surface area contributed by atoms with Crippen molar-refractivity contribution in [2.24, 2.45) is 0 Å². The molecule has 1 saturated heterocycles. The van der Waals surface area contributed by atoms with Crippen LogP contribution in [0, 0.1) is 0 Å². The lowest BCUT2D eigenvalue weighted by atomic mass is 9.97. The van der Waals surface area contributed by atoms with Crippen LogP contribution in [0.5, 0.6) is 5.75 Å². The minimum atomic E-state index is -0.394. The van der Waals surface area contributed by atoms with Gasteiger partial charge >= 0.3 is 0 Å². The summed E-state index contributed by atoms with van der Waals surface area (Å²) in [5.41, 5.74) is 0.500. The van der Waals surface area contributed by atoms with Crippen molar-refractivity contribution in [3.05, 3.63) is 29.8 Å². The van der Waals surface area contributed by atoms with Crippen molar-refractivity contribution in [1.29, 1.82) is 0 Å². The highest BCUT2D eigenvalue weighted by atomic mass is 16.6. The Labute approximate surface area is 121 Å².